The Kier molecular flexibility index (Phi) is 6.90. The van der Waals surface area contributed by atoms with E-state index in [4.69, 9.17) is 8.94 Å². The van der Waals surface area contributed by atoms with E-state index in [-0.39, 0.29) is 24.4 Å². The molecule has 2 rings (SSSR count). The van der Waals surface area contributed by atoms with Crippen molar-refractivity contribution in [2.75, 3.05) is 13.6 Å². The number of hydrogen-bond donors (Lipinski definition) is 2. The number of likely N-dealkylation sites (N-methyl/N-ethyl adjacent to an activating group) is 1. The third kappa shape index (κ3) is 5.20. The van der Waals surface area contributed by atoms with E-state index >= 15 is 0 Å². The second-order valence-corrected chi connectivity index (χ2v) is 4.52. The lowest BCUT2D eigenvalue weighted by Crippen LogP contribution is -2.37. The first-order chi connectivity index (χ1) is 9.69. The van der Waals surface area contributed by atoms with E-state index in [2.05, 4.69) is 20.8 Å². The van der Waals surface area contributed by atoms with Gasteiger partial charge in [0.15, 0.2) is 0 Å². The van der Waals surface area contributed by atoms with Crippen molar-refractivity contribution in [3.63, 3.8) is 0 Å². The molecule has 0 spiro atoms. The fraction of sp³-hybridized carbons (Fsp3) is 0.462. The van der Waals surface area contributed by atoms with Crippen LogP contribution in [-0.4, -0.2) is 35.7 Å². The number of amides is 1. The standard InChI is InChI=1S/C13H18N4O3.ClH/c1-9(14-2)7-15-11(18)3-4-12-16-13(17-20-12)10-5-6-19-8-10;/h5-6,8-9,14H,3-4,7H2,1-2H3,(H,15,18);1H. The average molecular weight is 315 g/mol. The van der Waals surface area contributed by atoms with Crippen LogP contribution in [0.1, 0.15) is 19.2 Å². The first-order valence-corrected chi connectivity index (χ1v) is 6.48. The summed E-state index contributed by atoms with van der Waals surface area (Å²) in [4.78, 5) is 15.8. The summed E-state index contributed by atoms with van der Waals surface area (Å²) in [5.41, 5.74) is 0.757. The Morgan fingerprint density at radius 3 is 2.95 bits per heavy atom. The van der Waals surface area contributed by atoms with E-state index in [0.29, 0.717) is 31.1 Å². The van der Waals surface area contributed by atoms with E-state index < -0.39 is 0 Å². The van der Waals surface area contributed by atoms with Crippen LogP contribution in [0.2, 0.25) is 0 Å². The minimum Gasteiger partial charge on any atom is -0.472 e. The van der Waals surface area contributed by atoms with E-state index in [0.717, 1.165) is 5.56 Å². The molecule has 8 heteroatoms. The topological polar surface area (TPSA) is 93.2 Å². The molecule has 0 saturated heterocycles. The number of carbonyl (C=O) groups is 1. The van der Waals surface area contributed by atoms with Crippen LogP contribution >= 0.6 is 12.4 Å². The minimum absolute atomic E-state index is 0. The second-order valence-electron chi connectivity index (χ2n) is 4.52. The minimum atomic E-state index is -0.0323. The van der Waals surface area contributed by atoms with Crippen molar-refractivity contribution in [3.8, 4) is 11.4 Å². The second kappa shape index (κ2) is 8.43. The molecule has 0 radical (unpaired) electrons. The number of rotatable bonds is 7. The lowest BCUT2D eigenvalue weighted by atomic mass is 10.2. The third-order valence-corrected chi connectivity index (χ3v) is 2.91. The Labute approximate surface area is 128 Å². The van der Waals surface area contributed by atoms with Gasteiger partial charge < -0.3 is 19.6 Å². The summed E-state index contributed by atoms with van der Waals surface area (Å²) in [5.74, 6) is 0.881. The Balaban J connectivity index is 0.00000220. The van der Waals surface area contributed by atoms with Crippen LogP contribution in [0.25, 0.3) is 11.4 Å². The molecular weight excluding hydrogens is 296 g/mol. The summed E-state index contributed by atoms with van der Waals surface area (Å²) in [6.45, 7) is 2.59. The van der Waals surface area contributed by atoms with Gasteiger partial charge in [0.2, 0.25) is 17.6 Å². The molecule has 0 aliphatic rings. The summed E-state index contributed by atoms with van der Waals surface area (Å²) in [6.07, 6.45) is 3.83. The Morgan fingerprint density at radius 1 is 1.48 bits per heavy atom. The van der Waals surface area contributed by atoms with Crippen molar-refractivity contribution >= 4 is 18.3 Å². The van der Waals surface area contributed by atoms with Crippen LogP contribution in [0.15, 0.2) is 27.5 Å². The van der Waals surface area contributed by atoms with Gasteiger partial charge in [-0.15, -0.1) is 12.4 Å². The van der Waals surface area contributed by atoms with Gasteiger partial charge in [-0.1, -0.05) is 5.16 Å². The molecule has 116 valence electrons. The molecule has 2 heterocycles. The van der Waals surface area contributed by atoms with E-state index in [9.17, 15) is 4.79 Å². The lowest BCUT2D eigenvalue weighted by molar-refractivity contribution is -0.121. The van der Waals surface area contributed by atoms with Crippen LogP contribution in [0.5, 0.6) is 0 Å². The molecule has 7 nitrogen and oxygen atoms in total. The molecule has 0 aliphatic carbocycles. The molecule has 2 aromatic heterocycles. The zero-order chi connectivity index (χ0) is 14.4. The van der Waals surface area contributed by atoms with Gasteiger partial charge in [-0.05, 0) is 20.0 Å². The maximum Gasteiger partial charge on any atom is 0.227 e. The Hall–Kier alpha value is -1.86. The smallest absolute Gasteiger partial charge is 0.227 e. The molecule has 1 unspecified atom stereocenters. The predicted octanol–water partition coefficient (Wildman–Crippen LogP) is 1.41. The van der Waals surface area contributed by atoms with Gasteiger partial charge >= 0.3 is 0 Å². The lowest BCUT2D eigenvalue weighted by Gasteiger charge is -2.10. The molecule has 2 N–H and O–H groups in total. The molecule has 0 saturated carbocycles. The summed E-state index contributed by atoms with van der Waals surface area (Å²) >= 11 is 0. The van der Waals surface area contributed by atoms with Crippen LogP contribution in [0.4, 0.5) is 0 Å². The van der Waals surface area contributed by atoms with Crippen molar-refractivity contribution in [2.24, 2.45) is 0 Å². The monoisotopic (exact) mass is 314 g/mol. The number of hydrogen-bond acceptors (Lipinski definition) is 6. The molecule has 2 aromatic rings. The van der Waals surface area contributed by atoms with E-state index in [1.807, 2.05) is 14.0 Å². The molecule has 0 aromatic carbocycles. The van der Waals surface area contributed by atoms with Gasteiger partial charge in [0.05, 0.1) is 11.8 Å². The van der Waals surface area contributed by atoms with Gasteiger partial charge in [0.1, 0.15) is 6.26 Å². The predicted molar refractivity (Wildman–Crippen MR) is 79.1 cm³/mol. The van der Waals surface area contributed by atoms with E-state index in [1.54, 1.807) is 18.6 Å². The molecule has 0 bridgehead atoms. The summed E-state index contributed by atoms with van der Waals surface area (Å²) in [6, 6.07) is 2.00. The van der Waals surface area contributed by atoms with Crippen LogP contribution < -0.4 is 10.6 Å². The molecule has 1 amide bonds. The maximum atomic E-state index is 11.6. The number of halogens is 1. The largest absolute Gasteiger partial charge is 0.472 e. The highest BCUT2D eigenvalue weighted by molar-refractivity contribution is 5.85. The number of carbonyl (C=O) groups excluding carboxylic acids is 1. The van der Waals surface area contributed by atoms with Crippen LogP contribution in [0, 0.1) is 0 Å². The van der Waals surface area contributed by atoms with Crippen LogP contribution in [0.3, 0.4) is 0 Å². The highest BCUT2D eigenvalue weighted by atomic mass is 35.5. The zero-order valence-electron chi connectivity index (χ0n) is 12.0. The molecule has 0 fully saturated rings. The number of aryl methyl sites for hydroxylation is 1. The van der Waals surface area contributed by atoms with Crippen molar-refractivity contribution < 1.29 is 13.7 Å². The van der Waals surface area contributed by atoms with Gasteiger partial charge in [-0.2, -0.15) is 4.98 Å². The molecule has 0 aliphatic heterocycles. The van der Waals surface area contributed by atoms with Crippen molar-refractivity contribution in [1.82, 2.24) is 20.8 Å². The summed E-state index contributed by atoms with van der Waals surface area (Å²) < 4.78 is 10.0. The zero-order valence-corrected chi connectivity index (χ0v) is 12.8. The molecule has 21 heavy (non-hydrogen) atoms. The van der Waals surface area contributed by atoms with Gasteiger partial charge in [-0.25, -0.2) is 0 Å². The van der Waals surface area contributed by atoms with Crippen LogP contribution in [-0.2, 0) is 11.2 Å². The number of aromatic nitrogens is 2. The number of nitrogens with one attached hydrogen (secondary N) is 2. The fourth-order valence-electron chi connectivity index (χ4n) is 1.54. The number of nitrogens with zero attached hydrogens (tertiary/aromatic N) is 2. The van der Waals surface area contributed by atoms with Crippen molar-refractivity contribution in [2.45, 2.75) is 25.8 Å². The molecule has 1 atom stereocenters. The van der Waals surface area contributed by atoms with Crippen molar-refractivity contribution in [3.05, 3.63) is 24.5 Å². The Morgan fingerprint density at radius 2 is 2.29 bits per heavy atom. The van der Waals surface area contributed by atoms with Gasteiger partial charge in [0, 0.05) is 25.4 Å². The third-order valence-electron chi connectivity index (χ3n) is 2.91. The fourth-order valence-corrected chi connectivity index (χ4v) is 1.54. The maximum absolute atomic E-state index is 11.6. The summed E-state index contributed by atoms with van der Waals surface area (Å²) in [5, 5.41) is 9.72. The normalized spacial score (nSPS) is 11.7. The highest BCUT2D eigenvalue weighted by Gasteiger charge is 2.11. The Bertz CT molecular complexity index is 541. The van der Waals surface area contributed by atoms with Gasteiger partial charge in [-0.3, -0.25) is 4.79 Å². The van der Waals surface area contributed by atoms with E-state index in [1.165, 1.54) is 0 Å². The van der Waals surface area contributed by atoms with Crippen molar-refractivity contribution in [1.29, 1.82) is 0 Å². The first kappa shape index (κ1) is 17.2. The quantitative estimate of drug-likeness (QED) is 0.802. The highest BCUT2D eigenvalue weighted by Crippen LogP contribution is 2.16. The first-order valence-electron chi connectivity index (χ1n) is 6.48. The SMILES string of the molecule is CNC(C)CNC(=O)CCc1nc(-c2ccoc2)no1.Cl. The number of furan rings is 1. The average Bonchev–Trinajstić information content (AvgIpc) is 3.12. The van der Waals surface area contributed by atoms with Gasteiger partial charge in [0.25, 0.3) is 0 Å². The molecular formula is C13H19ClN4O3. The summed E-state index contributed by atoms with van der Waals surface area (Å²) in [7, 11) is 1.85.